The number of para-hydroxylation sites is 1. The van der Waals surface area contributed by atoms with Crippen LogP contribution in [0.3, 0.4) is 0 Å². The fourth-order valence-electron chi connectivity index (χ4n) is 1.82. The summed E-state index contributed by atoms with van der Waals surface area (Å²) in [4.78, 5) is 6.72. The van der Waals surface area contributed by atoms with Crippen molar-refractivity contribution in [2.24, 2.45) is 0 Å². The van der Waals surface area contributed by atoms with Crippen LogP contribution in [-0.2, 0) is 0 Å². The van der Waals surface area contributed by atoms with E-state index in [9.17, 15) is 5.26 Å². The zero-order chi connectivity index (χ0) is 14.8. The molecule has 2 aromatic rings. The average molecular weight is 268 g/mol. The molecule has 0 unspecified atom stereocenters. The number of hydrogen-bond donors (Lipinski definition) is 1. The molecule has 1 aromatic heterocycles. The van der Waals surface area contributed by atoms with Crippen molar-refractivity contribution >= 4 is 16.7 Å². The summed E-state index contributed by atoms with van der Waals surface area (Å²) in [6.07, 6.45) is 0. The Balaban J connectivity index is 2.30. The van der Waals surface area contributed by atoms with Gasteiger partial charge >= 0.3 is 0 Å². The smallest absolute Gasteiger partial charge is 0.128 e. The summed E-state index contributed by atoms with van der Waals surface area (Å²) in [5, 5.41) is 13.5. The van der Waals surface area contributed by atoms with Gasteiger partial charge < -0.3 is 10.2 Å². The van der Waals surface area contributed by atoms with Gasteiger partial charge in [0.2, 0.25) is 0 Å². The number of rotatable bonds is 4. The van der Waals surface area contributed by atoms with Crippen molar-refractivity contribution < 1.29 is 0 Å². The van der Waals surface area contributed by atoms with Gasteiger partial charge in [0.1, 0.15) is 5.82 Å². The molecular formula is C16H20N4. The van der Waals surface area contributed by atoms with Crippen molar-refractivity contribution in [3.8, 4) is 6.07 Å². The highest BCUT2D eigenvalue weighted by molar-refractivity contribution is 5.86. The van der Waals surface area contributed by atoms with Crippen molar-refractivity contribution in [3.63, 3.8) is 0 Å². The maximum atomic E-state index is 9.26. The van der Waals surface area contributed by atoms with Crippen molar-refractivity contribution in [2.75, 3.05) is 26.0 Å². The van der Waals surface area contributed by atoms with Crippen LogP contribution in [0.5, 0.6) is 0 Å². The Kier molecular flexibility index (Phi) is 3.91. The Bertz CT molecular complexity index is 653. The number of nitrogens with one attached hydrogen (secondary N) is 1. The van der Waals surface area contributed by atoms with E-state index in [1.165, 1.54) is 0 Å². The van der Waals surface area contributed by atoms with Crippen LogP contribution in [0.2, 0.25) is 0 Å². The Morgan fingerprint density at radius 3 is 2.65 bits per heavy atom. The van der Waals surface area contributed by atoms with Gasteiger partial charge in [0.25, 0.3) is 0 Å². The second-order valence-electron chi connectivity index (χ2n) is 5.74. The van der Waals surface area contributed by atoms with Crippen molar-refractivity contribution in [2.45, 2.75) is 19.4 Å². The van der Waals surface area contributed by atoms with Gasteiger partial charge in [-0.15, -0.1) is 0 Å². The molecule has 0 aliphatic heterocycles. The molecule has 4 nitrogen and oxygen atoms in total. The fraction of sp³-hybridized carbons (Fsp3) is 0.375. The summed E-state index contributed by atoms with van der Waals surface area (Å²) in [7, 11) is 4.10. The molecule has 1 N–H and O–H groups in total. The molecule has 0 bridgehead atoms. The molecule has 0 amide bonds. The fourth-order valence-corrected chi connectivity index (χ4v) is 1.82. The summed E-state index contributed by atoms with van der Waals surface area (Å²) < 4.78 is 0. The minimum Gasteiger partial charge on any atom is -0.368 e. The maximum Gasteiger partial charge on any atom is 0.128 e. The summed E-state index contributed by atoms with van der Waals surface area (Å²) >= 11 is 0. The van der Waals surface area contributed by atoms with Gasteiger partial charge in [-0.2, -0.15) is 5.26 Å². The van der Waals surface area contributed by atoms with Crippen molar-refractivity contribution in [1.29, 1.82) is 5.26 Å². The van der Waals surface area contributed by atoms with E-state index in [-0.39, 0.29) is 5.54 Å². The largest absolute Gasteiger partial charge is 0.368 e. The van der Waals surface area contributed by atoms with E-state index in [0.29, 0.717) is 5.56 Å². The summed E-state index contributed by atoms with van der Waals surface area (Å²) in [6.45, 7) is 5.08. The third-order valence-electron chi connectivity index (χ3n) is 3.75. The number of hydrogen-bond acceptors (Lipinski definition) is 4. The summed E-state index contributed by atoms with van der Waals surface area (Å²) in [5.74, 6) is 0.746. The second kappa shape index (κ2) is 5.48. The first kappa shape index (κ1) is 14.3. The highest BCUT2D eigenvalue weighted by atomic mass is 15.2. The first-order chi connectivity index (χ1) is 9.44. The third-order valence-corrected chi connectivity index (χ3v) is 3.75. The lowest BCUT2D eigenvalue weighted by atomic mass is 10.0. The molecule has 0 atom stereocenters. The monoisotopic (exact) mass is 268 g/mol. The molecule has 2 rings (SSSR count). The second-order valence-corrected chi connectivity index (χ2v) is 5.74. The molecule has 1 aromatic carbocycles. The standard InChI is InChI=1S/C16H20N4/c1-16(2,20(3)4)11-18-15-9-12(10-17)13-7-5-6-8-14(13)19-15/h5-9H,11H2,1-4H3,(H,18,19). The molecule has 0 aliphatic carbocycles. The van der Waals surface area contributed by atoms with E-state index in [2.05, 4.69) is 49.2 Å². The van der Waals surface area contributed by atoms with Crippen LogP contribution in [0.1, 0.15) is 19.4 Å². The Hall–Kier alpha value is -2.12. The quantitative estimate of drug-likeness (QED) is 0.926. The van der Waals surface area contributed by atoms with Crippen LogP contribution in [0.25, 0.3) is 10.9 Å². The Labute approximate surface area is 120 Å². The highest BCUT2D eigenvalue weighted by Crippen LogP contribution is 2.20. The minimum atomic E-state index is 0.0140. The first-order valence-electron chi connectivity index (χ1n) is 6.65. The zero-order valence-electron chi connectivity index (χ0n) is 12.4. The number of anilines is 1. The van der Waals surface area contributed by atoms with Gasteiger partial charge in [-0.05, 0) is 40.1 Å². The zero-order valence-corrected chi connectivity index (χ0v) is 12.4. The summed E-state index contributed by atoms with van der Waals surface area (Å²) in [5.41, 5.74) is 1.51. The highest BCUT2D eigenvalue weighted by Gasteiger charge is 2.20. The lowest BCUT2D eigenvalue weighted by molar-refractivity contribution is 0.210. The number of nitrogens with zero attached hydrogens (tertiary/aromatic N) is 3. The normalized spacial score (nSPS) is 11.6. The van der Waals surface area contributed by atoms with Crippen molar-refractivity contribution in [3.05, 3.63) is 35.9 Å². The van der Waals surface area contributed by atoms with Gasteiger partial charge in [-0.1, -0.05) is 18.2 Å². The molecule has 0 radical (unpaired) electrons. The van der Waals surface area contributed by atoms with E-state index < -0.39 is 0 Å². The van der Waals surface area contributed by atoms with Gasteiger partial charge in [0, 0.05) is 17.5 Å². The van der Waals surface area contributed by atoms with E-state index >= 15 is 0 Å². The molecule has 0 aliphatic rings. The third kappa shape index (κ3) is 2.89. The number of aromatic nitrogens is 1. The minimum absolute atomic E-state index is 0.0140. The molecule has 20 heavy (non-hydrogen) atoms. The Morgan fingerprint density at radius 2 is 2.00 bits per heavy atom. The number of benzene rings is 1. The summed E-state index contributed by atoms with van der Waals surface area (Å²) in [6, 6.07) is 11.8. The molecule has 0 fully saturated rings. The lowest BCUT2D eigenvalue weighted by Crippen LogP contribution is -2.44. The molecule has 0 saturated carbocycles. The molecular weight excluding hydrogens is 248 g/mol. The molecule has 0 spiro atoms. The average Bonchev–Trinajstić information content (AvgIpc) is 2.44. The number of nitriles is 1. The van der Waals surface area contributed by atoms with Gasteiger partial charge in [0.15, 0.2) is 0 Å². The number of pyridine rings is 1. The van der Waals surface area contributed by atoms with Crippen LogP contribution in [0.15, 0.2) is 30.3 Å². The first-order valence-corrected chi connectivity index (χ1v) is 6.65. The Morgan fingerprint density at radius 1 is 1.30 bits per heavy atom. The van der Waals surface area contributed by atoms with E-state index in [1.54, 1.807) is 0 Å². The molecule has 4 heteroatoms. The van der Waals surface area contributed by atoms with E-state index in [0.717, 1.165) is 23.3 Å². The lowest BCUT2D eigenvalue weighted by Gasteiger charge is -2.32. The predicted octanol–water partition coefficient (Wildman–Crippen LogP) is 2.86. The topological polar surface area (TPSA) is 52.0 Å². The molecule has 1 heterocycles. The number of fused-ring (bicyclic) bond motifs is 1. The number of likely N-dealkylation sites (N-methyl/N-ethyl adjacent to an activating group) is 1. The van der Waals surface area contributed by atoms with Crippen molar-refractivity contribution in [1.82, 2.24) is 9.88 Å². The van der Waals surface area contributed by atoms with Gasteiger partial charge in [0.05, 0.1) is 17.1 Å². The molecule has 104 valence electrons. The van der Waals surface area contributed by atoms with Crippen LogP contribution < -0.4 is 5.32 Å². The predicted molar refractivity (Wildman–Crippen MR) is 82.7 cm³/mol. The van der Waals surface area contributed by atoms with Gasteiger partial charge in [-0.25, -0.2) is 4.98 Å². The van der Waals surface area contributed by atoms with E-state index in [4.69, 9.17) is 0 Å². The SMILES string of the molecule is CN(C)C(C)(C)CNc1cc(C#N)c2ccccc2n1. The molecule has 0 saturated heterocycles. The van der Waals surface area contributed by atoms with Crippen LogP contribution in [0.4, 0.5) is 5.82 Å². The van der Waals surface area contributed by atoms with Crippen LogP contribution in [-0.4, -0.2) is 36.1 Å². The van der Waals surface area contributed by atoms with Crippen LogP contribution >= 0.6 is 0 Å². The van der Waals surface area contributed by atoms with Crippen LogP contribution in [0, 0.1) is 11.3 Å². The van der Waals surface area contributed by atoms with Gasteiger partial charge in [-0.3, -0.25) is 0 Å². The van der Waals surface area contributed by atoms with E-state index in [1.807, 2.05) is 30.3 Å². The maximum absolute atomic E-state index is 9.26.